The highest BCUT2D eigenvalue weighted by molar-refractivity contribution is 9.10. The lowest BCUT2D eigenvalue weighted by atomic mass is 9.93. The van der Waals surface area contributed by atoms with Crippen molar-refractivity contribution in [1.82, 2.24) is 4.90 Å². The molecule has 6 heteroatoms. The topological polar surface area (TPSA) is 59.5 Å². The van der Waals surface area contributed by atoms with E-state index < -0.39 is 0 Å². The van der Waals surface area contributed by atoms with Gasteiger partial charge in [0, 0.05) is 23.5 Å². The van der Waals surface area contributed by atoms with Crippen LogP contribution in [0.5, 0.6) is 0 Å². The Morgan fingerprint density at radius 2 is 2.05 bits per heavy atom. The third-order valence-corrected chi connectivity index (χ3v) is 3.75. The number of nitrogens with zero attached hydrogens (tertiary/aromatic N) is 1. The number of fused-ring (bicyclic) bond motifs is 1. The summed E-state index contributed by atoms with van der Waals surface area (Å²) in [4.78, 5) is 14.0. The van der Waals surface area contributed by atoms with Gasteiger partial charge in [0.1, 0.15) is 5.58 Å². The number of nitrogens with two attached hydrogens (primary N) is 1. The van der Waals surface area contributed by atoms with Crippen LogP contribution < -0.4 is 5.73 Å². The van der Waals surface area contributed by atoms with Crippen molar-refractivity contribution >= 4 is 45.2 Å². The zero-order valence-corrected chi connectivity index (χ0v) is 14.8. The summed E-state index contributed by atoms with van der Waals surface area (Å²) in [6.45, 7) is 5.18. The van der Waals surface area contributed by atoms with E-state index in [1.807, 2.05) is 32.0 Å². The van der Waals surface area contributed by atoms with Gasteiger partial charge < -0.3 is 15.1 Å². The molecule has 21 heavy (non-hydrogen) atoms. The third kappa shape index (κ3) is 4.22. The lowest BCUT2D eigenvalue weighted by molar-refractivity contribution is 0.0711. The Labute approximate surface area is 139 Å². The Bertz CT molecular complexity index is 640. The summed E-state index contributed by atoms with van der Waals surface area (Å²) in [7, 11) is 1.77. The summed E-state index contributed by atoms with van der Waals surface area (Å²) in [5.41, 5.74) is 6.30. The van der Waals surface area contributed by atoms with Crippen LogP contribution in [-0.2, 0) is 0 Å². The van der Waals surface area contributed by atoms with E-state index >= 15 is 0 Å². The summed E-state index contributed by atoms with van der Waals surface area (Å²) >= 11 is 3.41. The summed E-state index contributed by atoms with van der Waals surface area (Å²) in [5, 5.41) is 0.911. The lowest BCUT2D eigenvalue weighted by Gasteiger charge is -2.28. The molecular formula is C15H20BrClN2O2. The molecule has 0 aliphatic heterocycles. The van der Waals surface area contributed by atoms with E-state index in [0.717, 1.165) is 9.86 Å². The standard InChI is InChI=1S/C15H19BrN2O2.ClH/c1-15(2,8-17)9-18(3)14(19)13-7-10-6-11(16)4-5-12(10)20-13;/h4-7H,8-9,17H2,1-3H3;1H. The number of hydrogen-bond donors (Lipinski definition) is 1. The predicted octanol–water partition coefficient (Wildman–Crippen LogP) is 3.67. The number of rotatable bonds is 4. The van der Waals surface area contributed by atoms with Crippen molar-refractivity contribution in [2.45, 2.75) is 13.8 Å². The quantitative estimate of drug-likeness (QED) is 0.887. The van der Waals surface area contributed by atoms with E-state index in [9.17, 15) is 4.79 Å². The Morgan fingerprint density at radius 3 is 2.67 bits per heavy atom. The lowest BCUT2D eigenvalue weighted by Crippen LogP contribution is -2.39. The molecule has 1 aromatic heterocycles. The number of halogens is 2. The van der Waals surface area contributed by atoms with Crippen LogP contribution in [0.2, 0.25) is 0 Å². The molecule has 0 saturated heterocycles. The van der Waals surface area contributed by atoms with E-state index in [1.54, 1.807) is 18.0 Å². The molecule has 2 aromatic rings. The summed E-state index contributed by atoms with van der Waals surface area (Å²) in [5.74, 6) is 0.229. The Morgan fingerprint density at radius 1 is 1.38 bits per heavy atom. The van der Waals surface area contributed by atoms with Crippen LogP contribution in [0.1, 0.15) is 24.4 Å². The van der Waals surface area contributed by atoms with Gasteiger partial charge in [-0.3, -0.25) is 4.79 Å². The van der Waals surface area contributed by atoms with Crippen LogP contribution in [-0.4, -0.2) is 30.9 Å². The molecule has 0 unspecified atom stereocenters. The number of benzene rings is 1. The van der Waals surface area contributed by atoms with Gasteiger partial charge in [-0.05, 0) is 36.2 Å². The van der Waals surface area contributed by atoms with E-state index in [2.05, 4.69) is 15.9 Å². The molecule has 0 atom stereocenters. The molecule has 0 aliphatic rings. The van der Waals surface area contributed by atoms with Gasteiger partial charge in [-0.2, -0.15) is 0 Å². The first kappa shape index (κ1) is 18.0. The molecule has 2 N–H and O–H groups in total. The molecular weight excluding hydrogens is 356 g/mol. The Balaban J connectivity index is 0.00000220. The predicted molar refractivity (Wildman–Crippen MR) is 91.0 cm³/mol. The van der Waals surface area contributed by atoms with E-state index in [1.165, 1.54) is 0 Å². The van der Waals surface area contributed by atoms with Gasteiger partial charge in [-0.15, -0.1) is 12.4 Å². The first-order valence-corrected chi connectivity index (χ1v) is 7.26. The second-order valence-electron chi connectivity index (χ2n) is 5.82. The minimum Gasteiger partial charge on any atom is -0.451 e. The van der Waals surface area contributed by atoms with E-state index in [0.29, 0.717) is 24.4 Å². The summed E-state index contributed by atoms with van der Waals surface area (Å²) in [6, 6.07) is 7.44. The molecule has 0 saturated carbocycles. The van der Waals surface area contributed by atoms with Crippen LogP contribution in [0.3, 0.4) is 0 Å². The maximum absolute atomic E-state index is 12.4. The average Bonchev–Trinajstić information content (AvgIpc) is 2.80. The Kier molecular flexibility index (Phi) is 5.84. The van der Waals surface area contributed by atoms with Crippen molar-refractivity contribution in [3.8, 4) is 0 Å². The maximum Gasteiger partial charge on any atom is 0.289 e. The third-order valence-electron chi connectivity index (χ3n) is 3.25. The molecule has 1 amide bonds. The van der Waals surface area contributed by atoms with E-state index in [4.69, 9.17) is 10.2 Å². The Hall–Kier alpha value is -1.04. The molecule has 116 valence electrons. The van der Waals surface area contributed by atoms with Crippen LogP contribution in [0.15, 0.2) is 33.2 Å². The second-order valence-corrected chi connectivity index (χ2v) is 6.74. The van der Waals surface area contributed by atoms with Crippen LogP contribution in [0.4, 0.5) is 0 Å². The number of furan rings is 1. The largest absolute Gasteiger partial charge is 0.451 e. The van der Waals surface area contributed by atoms with Crippen LogP contribution >= 0.6 is 28.3 Å². The molecule has 1 heterocycles. The smallest absolute Gasteiger partial charge is 0.289 e. The van der Waals surface area contributed by atoms with Gasteiger partial charge in [0.2, 0.25) is 0 Å². The van der Waals surface area contributed by atoms with Crippen molar-refractivity contribution in [3.05, 3.63) is 34.5 Å². The molecule has 0 radical (unpaired) electrons. The van der Waals surface area contributed by atoms with Crippen molar-refractivity contribution < 1.29 is 9.21 Å². The van der Waals surface area contributed by atoms with Crippen molar-refractivity contribution in [2.24, 2.45) is 11.1 Å². The van der Waals surface area contributed by atoms with Crippen molar-refractivity contribution in [3.63, 3.8) is 0 Å². The monoisotopic (exact) mass is 374 g/mol. The zero-order chi connectivity index (χ0) is 14.9. The fraction of sp³-hybridized carbons (Fsp3) is 0.400. The molecule has 0 fully saturated rings. The summed E-state index contributed by atoms with van der Waals surface area (Å²) in [6.07, 6.45) is 0. The van der Waals surface area contributed by atoms with Gasteiger partial charge in [0.05, 0.1) is 0 Å². The molecule has 4 nitrogen and oxygen atoms in total. The van der Waals surface area contributed by atoms with Gasteiger partial charge in [0.15, 0.2) is 5.76 Å². The molecule has 0 spiro atoms. The first-order valence-electron chi connectivity index (χ1n) is 6.47. The number of carbonyl (C=O) groups is 1. The molecule has 0 bridgehead atoms. The van der Waals surface area contributed by atoms with Gasteiger partial charge in [0.25, 0.3) is 5.91 Å². The zero-order valence-electron chi connectivity index (χ0n) is 12.4. The molecule has 0 aliphatic carbocycles. The highest BCUT2D eigenvalue weighted by atomic mass is 79.9. The maximum atomic E-state index is 12.4. The second kappa shape index (κ2) is 6.81. The molecule has 1 aromatic carbocycles. The minimum atomic E-state index is -0.126. The fourth-order valence-corrected chi connectivity index (χ4v) is 2.46. The highest BCUT2D eigenvalue weighted by Crippen LogP contribution is 2.24. The van der Waals surface area contributed by atoms with Crippen LogP contribution in [0, 0.1) is 5.41 Å². The normalized spacial score (nSPS) is 11.3. The highest BCUT2D eigenvalue weighted by Gasteiger charge is 2.23. The summed E-state index contributed by atoms with van der Waals surface area (Å²) < 4.78 is 6.57. The fourth-order valence-electron chi connectivity index (χ4n) is 2.09. The van der Waals surface area contributed by atoms with Gasteiger partial charge >= 0.3 is 0 Å². The number of carbonyl (C=O) groups excluding carboxylic acids is 1. The SMILES string of the molecule is CN(CC(C)(C)CN)C(=O)c1cc2cc(Br)ccc2o1.Cl. The molecule has 2 rings (SSSR count). The number of hydrogen-bond acceptors (Lipinski definition) is 3. The number of amides is 1. The minimum absolute atomic E-state index is 0. The van der Waals surface area contributed by atoms with Gasteiger partial charge in [-0.1, -0.05) is 29.8 Å². The first-order chi connectivity index (χ1) is 9.32. The van der Waals surface area contributed by atoms with E-state index in [-0.39, 0.29) is 23.7 Å². The van der Waals surface area contributed by atoms with Gasteiger partial charge in [-0.25, -0.2) is 0 Å². The van der Waals surface area contributed by atoms with Crippen molar-refractivity contribution in [2.75, 3.05) is 20.1 Å². The van der Waals surface area contributed by atoms with Crippen LogP contribution in [0.25, 0.3) is 11.0 Å². The van der Waals surface area contributed by atoms with Crippen molar-refractivity contribution in [1.29, 1.82) is 0 Å². The average molecular weight is 376 g/mol.